The molecule has 56 valence electrons. The van der Waals surface area contributed by atoms with Gasteiger partial charge in [0.25, 0.3) is 0 Å². The molecule has 0 aliphatic carbocycles. The van der Waals surface area contributed by atoms with Gasteiger partial charge in [-0.3, -0.25) is 4.79 Å². The number of aliphatic hydroxyl groups is 1. The molecule has 0 amide bonds. The lowest BCUT2D eigenvalue weighted by Gasteiger charge is -2.11. The monoisotopic (exact) mass is 141 g/mol. The van der Waals surface area contributed by atoms with Gasteiger partial charge < -0.3 is 5.11 Å². The zero-order chi connectivity index (χ0) is 8.20. The summed E-state index contributed by atoms with van der Waals surface area (Å²) in [6, 6.07) is 1.87. The Morgan fingerprint density at radius 1 is 1.70 bits per heavy atom. The quantitative estimate of drug-likeness (QED) is 0.622. The highest BCUT2D eigenvalue weighted by Gasteiger charge is 2.25. The summed E-state index contributed by atoms with van der Waals surface area (Å²) in [6.45, 7) is 2.92. The number of aliphatic hydroxyl groups excluding tert-OH is 1. The van der Waals surface area contributed by atoms with Gasteiger partial charge in [0.05, 0.1) is 12.7 Å². The summed E-state index contributed by atoms with van der Waals surface area (Å²) in [5.41, 5.74) is -0.942. The predicted molar refractivity (Wildman–Crippen MR) is 36.1 cm³/mol. The van der Waals surface area contributed by atoms with Gasteiger partial charge in [0.15, 0.2) is 5.78 Å². The first-order valence-corrected chi connectivity index (χ1v) is 3.10. The molecule has 0 saturated heterocycles. The molecule has 0 heterocycles. The van der Waals surface area contributed by atoms with Gasteiger partial charge in [0.1, 0.15) is 5.41 Å². The van der Waals surface area contributed by atoms with E-state index in [4.69, 9.17) is 10.4 Å². The first kappa shape index (κ1) is 9.12. The average Bonchev–Trinajstić information content (AvgIpc) is 1.89. The molecule has 10 heavy (non-hydrogen) atoms. The van der Waals surface area contributed by atoms with Gasteiger partial charge in [-0.15, -0.1) is 0 Å². The Kier molecular flexibility index (Phi) is 3.04. The van der Waals surface area contributed by atoms with Crippen LogP contribution in [0.15, 0.2) is 0 Å². The standard InChI is InChI=1S/C7H11NO2/c1-7(2,5-8)6(10)3-4-9/h9H,3-4H2,1-2H3. The zero-order valence-electron chi connectivity index (χ0n) is 6.22. The smallest absolute Gasteiger partial charge is 0.154 e. The van der Waals surface area contributed by atoms with E-state index >= 15 is 0 Å². The van der Waals surface area contributed by atoms with Gasteiger partial charge in [0.2, 0.25) is 0 Å². The maximum absolute atomic E-state index is 10.9. The van der Waals surface area contributed by atoms with E-state index in [2.05, 4.69) is 0 Å². The summed E-state index contributed by atoms with van der Waals surface area (Å²) in [7, 11) is 0. The third kappa shape index (κ3) is 2.16. The summed E-state index contributed by atoms with van der Waals surface area (Å²) in [4.78, 5) is 10.9. The first-order chi connectivity index (χ1) is 4.54. The number of hydrogen-bond donors (Lipinski definition) is 1. The molecule has 0 aromatic heterocycles. The van der Waals surface area contributed by atoms with E-state index < -0.39 is 5.41 Å². The number of carbonyl (C=O) groups is 1. The summed E-state index contributed by atoms with van der Waals surface area (Å²) in [5.74, 6) is -0.211. The Balaban J connectivity index is 4.09. The molecule has 1 N–H and O–H groups in total. The van der Waals surface area contributed by atoms with Crippen LogP contribution in [0.3, 0.4) is 0 Å². The molecule has 3 nitrogen and oxygen atoms in total. The second-order valence-corrected chi connectivity index (χ2v) is 2.63. The van der Waals surface area contributed by atoms with Crippen LogP contribution in [0.4, 0.5) is 0 Å². The molecule has 0 saturated carbocycles. The van der Waals surface area contributed by atoms with Crippen LogP contribution in [0.5, 0.6) is 0 Å². The molecule has 0 bridgehead atoms. The Labute approximate surface area is 60.3 Å². The summed E-state index contributed by atoms with van der Waals surface area (Å²) in [6.07, 6.45) is 0.0700. The lowest BCUT2D eigenvalue weighted by molar-refractivity contribution is -0.125. The number of hydrogen-bond acceptors (Lipinski definition) is 3. The molecule has 0 aromatic rings. The highest BCUT2D eigenvalue weighted by Crippen LogP contribution is 2.15. The van der Waals surface area contributed by atoms with Crippen molar-refractivity contribution in [3.8, 4) is 6.07 Å². The number of rotatable bonds is 3. The normalized spacial score (nSPS) is 10.6. The Hall–Kier alpha value is -0.880. The van der Waals surface area contributed by atoms with Crippen molar-refractivity contribution in [3.63, 3.8) is 0 Å². The minimum Gasteiger partial charge on any atom is -0.396 e. The van der Waals surface area contributed by atoms with Gasteiger partial charge in [-0.2, -0.15) is 5.26 Å². The van der Waals surface area contributed by atoms with Gasteiger partial charge in [-0.1, -0.05) is 0 Å². The third-order valence-electron chi connectivity index (χ3n) is 1.32. The van der Waals surface area contributed by atoms with Crippen molar-refractivity contribution in [2.45, 2.75) is 20.3 Å². The lowest BCUT2D eigenvalue weighted by Crippen LogP contribution is -2.22. The van der Waals surface area contributed by atoms with Crippen LogP contribution in [0, 0.1) is 16.7 Å². The fourth-order valence-corrected chi connectivity index (χ4v) is 0.476. The second kappa shape index (κ2) is 3.33. The van der Waals surface area contributed by atoms with E-state index in [1.165, 1.54) is 0 Å². The van der Waals surface area contributed by atoms with Crippen LogP contribution in [0.2, 0.25) is 0 Å². The predicted octanol–water partition coefficient (Wildman–Crippen LogP) is 0.488. The molecular weight excluding hydrogens is 130 g/mol. The van der Waals surface area contributed by atoms with E-state index in [9.17, 15) is 4.79 Å². The molecule has 0 atom stereocenters. The number of nitrogens with zero attached hydrogens (tertiary/aromatic N) is 1. The Morgan fingerprint density at radius 2 is 2.20 bits per heavy atom. The lowest BCUT2D eigenvalue weighted by atomic mass is 9.88. The van der Waals surface area contributed by atoms with Crippen molar-refractivity contribution in [1.29, 1.82) is 5.26 Å². The number of carbonyl (C=O) groups excluding carboxylic acids is 1. The van der Waals surface area contributed by atoms with Crippen LogP contribution >= 0.6 is 0 Å². The number of ketones is 1. The Bertz CT molecular complexity index is 167. The maximum atomic E-state index is 10.9. The fourth-order valence-electron chi connectivity index (χ4n) is 0.476. The number of Topliss-reactive ketones (excluding diaryl/α,β-unsaturated/α-hetero) is 1. The number of nitriles is 1. The summed E-state index contributed by atoms with van der Waals surface area (Å²) < 4.78 is 0. The largest absolute Gasteiger partial charge is 0.396 e. The van der Waals surface area contributed by atoms with Crippen molar-refractivity contribution in [1.82, 2.24) is 0 Å². The molecule has 3 heteroatoms. The van der Waals surface area contributed by atoms with Gasteiger partial charge >= 0.3 is 0 Å². The van der Waals surface area contributed by atoms with Crippen molar-refractivity contribution < 1.29 is 9.90 Å². The van der Waals surface area contributed by atoms with Gasteiger partial charge in [-0.05, 0) is 13.8 Å². The minimum absolute atomic E-state index is 0.0700. The highest BCUT2D eigenvalue weighted by molar-refractivity contribution is 5.86. The molecule has 0 aliphatic rings. The molecule has 0 aromatic carbocycles. The second-order valence-electron chi connectivity index (χ2n) is 2.63. The molecule has 0 unspecified atom stereocenters. The molecular formula is C7H11NO2. The zero-order valence-corrected chi connectivity index (χ0v) is 6.22. The Morgan fingerprint density at radius 3 is 2.50 bits per heavy atom. The van der Waals surface area contributed by atoms with Crippen LogP contribution in [0.25, 0.3) is 0 Å². The fraction of sp³-hybridized carbons (Fsp3) is 0.714. The van der Waals surface area contributed by atoms with Gasteiger partial charge in [0, 0.05) is 6.42 Å². The van der Waals surface area contributed by atoms with Crippen LogP contribution in [0.1, 0.15) is 20.3 Å². The van der Waals surface area contributed by atoms with Crippen molar-refractivity contribution in [2.24, 2.45) is 5.41 Å². The van der Waals surface area contributed by atoms with E-state index in [0.29, 0.717) is 0 Å². The van der Waals surface area contributed by atoms with Crippen molar-refractivity contribution >= 4 is 5.78 Å². The maximum Gasteiger partial charge on any atom is 0.154 e. The van der Waals surface area contributed by atoms with Crippen molar-refractivity contribution in [3.05, 3.63) is 0 Å². The molecule has 0 spiro atoms. The first-order valence-electron chi connectivity index (χ1n) is 3.10. The average molecular weight is 141 g/mol. The van der Waals surface area contributed by atoms with E-state index in [1.807, 2.05) is 6.07 Å². The van der Waals surface area contributed by atoms with Crippen LogP contribution < -0.4 is 0 Å². The van der Waals surface area contributed by atoms with Gasteiger partial charge in [-0.25, -0.2) is 0 Å². The van der Waals surface area contributed by atoms with Crippen LogP contribution in [-0.2, 0) is 4.79 Å². The SMILES string of the molecule is CC(C)(C#N)C(=O)CCO. The highest BCUT2D eigenvalue weighted by atomic mass is 16.3. The molecule has 0 fully saturated rings. The van der Waals surface area contributed by atoms with E-state index in [0.717, 1.165) is 0 Å². The van der Waals surface area contributed by atoms with Crippen LogP contribution in [-0.4, -0.2) is 17.5 Å². The summed E-state index contributed by atoms with van der Waals surface area (Å²) >= 11 is 0. The molecule has 0 aliphatic heterocycles. The summed E-state index contributed by atoms with van der Waals surface area (Å²) in [5, 5.41) is 16.8. The molecule has 0 radical (unpaired) electrons. The van der Waals surface area contributed by atoms with E-state index in [-0.39, 0.29) is 18.8 Å². The molecule has 0 rings (SSSR count). The van der Waals surface area contributed by atoms with Crippen molar-refractivity contribution in [2.75, 3.05) is 6.61 Å². The minimum atomic E-state index is -0.942. The topological polar surface area (TPSA) is 61.1 Å². The third-order valence-corrected chi connectivity index (χ3v) is 1.32. The van der Waals surface area contributed by atoms with E-state index in [1.54, 1.807) is 13.8 Å².